The molecule has 0 fully saturated rings. The number of benzene rings is 3. The van der Waals surface area contributed by atoms with Gasteiger partial charge < -0.3 is 4.89 Å². The number of rotatable bonds is 4. The van der Waals surface area contributed by atoms with Crippen molar-refractivity contribution in [2.24, 2.45) is 11.5 Å². The summed E-state index contributed by atoms with van der Waals surface area (Å²) in [5.74, 6) is 0.200. The van der Waals surface area contributed by atoms with Crippen LogP contribution in [0.5, 0.6) is 0 Å². The molecule has 0 aromatic heterocycles. The van der Waals surface area contributed by atoms with Crippen LogP contribution >= 0.6 is 16.6 Å². The normalized spacial score (nSPS) is 10.1. The Balaban J connectivity index is 0.000000758. The van der Waals surface area contributed by atoms with Crippen LogP contribution in [0.1, 0.15) is 0 Å². The van der Waals surface area contributed by atoms with Crippen LogP contribution in [0.3, 0.4) is 0 Å². The average molecular weight is 383 g/mol. The summed E-state index contributed by atoms with van der Waals surface area (Å²) in [4.78, 5) is 11.3. The first-order valence-electron chi connectivity index (χ1n) is 7.76. The van der Waals surface area contributed by atoms with E-state index in [9.17, 15) is 0 Å². The molecule has 3 aromatic carbocycles. The van der Waals surface area contributed by atoms with Crippen molar-refractivity contribution in [2.45, 2.75) is 0 Å². The maximum Gasteiger partial charge on any atom is 0.343 e. The summed E-state index contributed by atoms with van der Waals surface area (Å²) in [5, 5.41) is 3.96. The molecule has 0 aliphatic carbocycles. The molecule has 0 saturated carbocycles. The minimum Gasteiger partial charge on any atom is -0.772 e. The minimum atomic E-state index is -1.08. The summed E-state index contributed by atoms with van der Waals surface area (Å²) in [6, 6.07) is 29.5. The molecule has 26 heavy (non-hydrogen) atoms. The Kier molecular flexibility index (Phi) is 7.91. The van der Waals surface area contributed by atoms with Crippen molar-refractivity contribution in [1.82, 2.24) is 0 Å². The van der Waals surface area contributed by atoms with Gasteiger partial charge in [-0.15, -0.1) is 0 Å². The number of nitrogens with one attached hydrogen (secondary N) is 1. The first-order chi connectivity index (χ1) is 12.7. The lowest BCUT2D eigenvalue weighted by atomic mass is 10.3. The fourth-order valence-electron chi connectivity index (χ4n) is 2.46. The van der Waals surface area contributed by atoms with Gasteiger partial charge in [0.2, 0.25) is 0 Å². The smallest absolute Gasteiger partial charge is 0.343 e. The molecule has 0 radical (unpaired) electrons. The minimum absolute atomic E-state index is 0.200. The van der Waals surface area contributed by atoms with E-state index in [-0.39, 0.29) is 5.96 Å². The van der Waals surface area contributed by atoms with Crippen molar-refractivity contribution in [1.29, 1.82) is 0 Å². The van der Waals surface area contributed by atoms with E-state index in [1.54, 1.807) is 0 Å². The first kappa shape index (κ1) is 19.7. The summed E-state index contributed by atoms with van der Waals surface area (Å²) in [6.45, 7) is 0. The molecule has 0 spiro atoms. The largest absolute Gasteiger partial charge is 0.772 e. The van der Waals surface area contributed by atoms with Gasteiger partial charge in [0.25, 0.3) is 0 Å². The molecule has 0 aliphatic heterocycles. The molecular formula is C19H19N3O2P2. The van der Waals surface area contributed by atoms with Gasteiger partial charge in [0.15, 0.2) is 0 Å². The number of hydrogen-bond donors (Lipinski definition) is 3. The van der Waals surface area contributed by atoms with Crippen molar-refractivity contribution >= 4 is 44.2 Å². The highest BCUT2D eigenvalue weighted by atomic mass is 31.1. The van der Waals surface area contributed by atoms with Crippen LogP contribution in [0.4, 0.5) is 5.69 Å². The maximum absolute atomic E-state index is 8.35. The van der Waals surface area contributed by atoms with Gasteiger partial charge in [0.1, 0.15) is 0 Å². The molecule has 5 nitrogen and oxygen atoms in total. The zero-order valence-corrected chi connectivity index (χ0v) is 15.7. The van der Waals surface area contributed by atoms with Gasteiger partial charge in [0.05, 0.1) is 14.4 Å². The Morgan fingerprint density at radius 3 is 1.54 bits per heavy atom. The fourth-order valence-corrected chi connectivity index (χ4v) is 4.74. The van der Waals surface area contributed by atoms with E-state index >= 15 is 0 Å². The van der Waals surface area contributed by atoms with Gasteiger partial charge in [-0.1, -0.05) is 72.8 Å². The molecule has 0 atom stereocenters. The third kappa shape index (κ3) is 5.75. The Morgan fingerprint density at radius 2 is 1.15 bits per heavy atom. The van der Waals surface area contributed by atoms with Crippen LogP contribution in [-0.2, 0) is 4.57 Å². The maximum atomic E-state index is 8.35. The van der Waals surface area contributed by atoms with Crippen molar-refractivity contribution in [3.05, 3.63) is 84.9 Å². The van der Waals surface area contributed by atoms with Crippen molar-refractivity contribution in [3.8, 4) is 0 Å². The highest BCUT2D eigenvalue weighted by Gasteiger charge is 2.15. The van der Waals surface area contributed by atoms with Crippen LogP contribution in [0.15, 0.2) is 84.9 Å². The second-order valence-electron chi connectivity index (χ2n) is 5.21. The SMILES string of the molecule is NC(N)=[NH+]c1ccc(P(c2ccccc2)c2ccccc2)cc1.O=P[O-]. The van der Waals surface area contributed by atoms with E-state index in [1.165, 1.54) is 15.9 Å². The predicted molar refractivity (Wildman–Crippen MR) is 107 cm³/mol. The van der Waals surface area contributed by atoms with Crippen molar-refractivity contribution in [2.75, 3.05) is 0 Å². The zero-order chi connectivity index (χ0) is 18.8. The Hall–Kier alpha value is -2.58. The van der Waals surface area contributed by atoms with E-state index < -0.39 is 16.6 Å². The highest BCUT2D eigenvalue weighted by molar-refractivity contribution is 7.79. The van der Waals surface area contributed by atoms with Gasteiger partial charge in [-0.3, -0.25) is 16.0 Å². The molecule has 0 unspecified atom stereocenters. The van der Waals surface area contributed by atoms with Gasteiger partial charge >= 0.3 is 5.96 Å². The second kappa shape index (κ2) is 10.4. The topological polar surface area (TPSA) is 106 Å². The summed E-state index contributed by atoms with van der Waals surface area (Å²) in [7, 11) is -1.66. The Labute approximate surface area is 155 Å². The lowest BCUT2D eigenvalue weighted by Crippen LogP contribution is -2.72. The molecule has 3 rings (SSSR count). The summed E-state index contributed by atoms with van der Waals surface area (Å²) >= 11 is 0. The standard InChI is InChI=1S/C19H18N3P.HO2P/c20-19(21)22-15-11-13-18(14-12-15)23(16-7-3-1-4-8-16)17-9-5-2-6-10-17;1-3-2/h1-14H,(H4,20,21,22);(H,1,2). The molecule has 5 N–H and O–H groups in total. The quantitative estimate of drug-likeness (QED) is 0.335. The number of nitrogens with two attached hydrogens (primary N) is 2. The molecule has 7 heteroatoms. The van der Waals surface area contributed by atoms with Gasteiger partial charge in [-0.2, -0.15) is 0 Å². The van der Waals surface area contributed by atoms with Gasteiger partial charge in [0, 0.05) is 0 Å². The molecule has 3 aromatic rings. The van der Waals surface area contributed by atoms with E-state index in [0.29, 0.717) is 0 Å². The predicted octanol–water partition coefficient (Wildman–Crippen LogP) is -0.0163. The third-order valence-electron chi connectivity index (χ3n) is 3.44. The average Bonchev–Trinajstić information content (AvgIpc) is 2.65. The van der Waals surface area contributed by atoms with Crippen molar-refractivity contribution in [3.63, 3.8) is 0 Å². The Morgan fingerprint density at radius 1 is 0.769 bits per heavy atom. The monoisotopic (exact) mass is 383 g/mol. The second-order valence-corrected chi connectivity index (χ2v) is 7.58. The van der Waals surface area contributed by atoms with E-state index in [4.69, 9.17) is 20.9 Å². The fraction of sp³-hybridized carbons (Fsp3) is 0. The number of guanidine groups is 1. The van der Waals surface area contributed by atoms with Crippen LogP contribution < -0.4 is 37.3 Å². The van der Waals surface area contributed by atoms with Gasteiger partial charge in [-0.25, -0.2) is 4.99 Å². The molecule has 0 aliphatic rings. The third-order valence-corrected chi connectivity index (χ3v) is 5.89. The molecule has 0 heterocycles. The summed E-state index contributed by atoms with van der Waals surface area (Å²) in [5.41, 5.74) is 11.9. The van der Waals surface area contributed by atoms with Crippen LogP contribution in [0.25, 0.3) is 0 Å². The van der Waals surface area contributed by atoms with Crippen LogP contribution in [0.2, 0.25) is 0 Å². The number of hydrogen-bond acceptors (Lipinski definition) is 2. The zero-order valence-electron chi connectivity index (χ0n) is 13.9. The van der Waals surface area contributed by atoms with E-state index in [0.717, 1.165) is 5.69 Å². The lowest BCUT2D eigenvalue weighted by molar-refractivity contribution is -0.356. The van der Waals surface area contributed by atoms with E-state index in [1.807, 2.05) is 12.1 Å². The molecule has 0 amide bonds. The Bertz CT molecular complexity index is 798. The summed E-state index contributed by atoms with van der Waals surface area (Å²) < 4.78 is 8.35. The molecule has 0 bridgehead atoms. The highest BCUT2D eigenvalue weighted by Crippen LogP contribution is 2.32. The molecular weight excluding hydrogens is 364 g/mol. The van der Waals surface area contributed by atoms with Crippen LogP contribution in [-0.4, -0.2) is 5.96 Å². The molecule has 0 saturated heterocycles. The van der Waals surface area contributed by atoms with E-state index in [2.05, 4.69) is 77.8 Å². The van der Waals surface area contributed by atoms with Gasteiger partial charge in [-0.05, 0) is 36.0 Å². The lowest BCUT2D eigenvalue weighted by Gasteiger charge is -2.19. The summed E-state index contributed by atoms with van der Waals surface area (Å²) in [6.07, 6.45) is 0. The van der Waals surface area contributed by atoms with Crippen LogP contribution in [0, 0.1) is 0 Å². The first-order valence-corrected chi connectivity index (χ1v) is 9.83. The van der Waals surface area contributed by atoms with Crippen molar-refractivity contribution < 1.29 is 14.5 Å². The molecule has 132 valence electrons.